The standard InChI is InChI=1S/C28H19N3O/c32-28-24(23-16-15-19-9-7-8-14-22(19)17-23)18-29-27-25(20-10-3-1-4-11-20)26(30-31(27)28)21-12-5-2-6-13-21/h1-18,29H. The van der Waals surface area contributed by atoms with Gasteiger partial charge in [0.25, 0.3) is 5.56 Å². The van der Waals surface area contributed by atoms with Crippen LogP contribution in [0, 0.1) is 0 Å². The number of aromatic amines is 1. The number of H-pyrrole nitrogens is 1. The quantitative estimate of drug-likeness (QED) is 0.377. The molecule has 0 unspecified atom stereocenters. The number of rotatable bonds is 3. The minimum absolute atomic E-state index is 0.145. The highest BCUT2D eigenvalue weighted by Crippen LogP contribution is 2.34. The third-order valence-corrected chi connectivity index (χ3v) is 5.83. The maximum atomic E-state index is 13.6. The Hall–Kier alpha value is -4.44. The van der Waals surface area contributed by atoms with Crippen LogP contribution >= 0.6 is 0 Å². The average Bonchev–Trinajstić information content (AvgIpc) is 3.26. The third kappa shape index (κ3) is 2.93. The van der Waals surface area contributed by atoms with Gasteiger partial charge in [0.1, 0.15) is 11.3 Å². The van der Waals surface area contributed by atoms with Gasteiger partial charge in [-0.15, -0.1) is 0 Å². The summed E-state index contributed by atoms with van der Waals surface area (Å²) in [7, 11) is 0. The van der Waals surface area contributed by atoms with E-state index in [-0.39, 0.29) is 5.56 Å². The van der Waals surface area contributed by atoms with E-state index in [2.05, 4.69) is 17.1 Å². The van der Waals surface area contributed by atoms with Crippen LogP contribution in [0.4, 0.5) is 0 Å². The molecule has 0 fully saturated rings. The largest absolute Gasteiger partial charge is 0.345 e. The van der Waals surface area contributed by atoms with Gasteiger partial charge in [-0.3, -0.25) is 4.79 Å². The van der Waals surface area contributed by atoms with Gasteiger partial charge in [-0.1, -0.05) is 97.1 Å². The molecule has 0 aliphatic rings. The van der Waals surface area contributed by atoms with Crippen molar-refractivity contribution in [2.24, 2.45) is 0 Å². The first-order valence-corrected chi connectivity index (χ1v) is 10.5. The Labute approximate surface area is 184 Å². The zero-order valence-electron chi connectivity index (χ0n) is 17.2. The maximum absolute atomic E-state index is 13.6. The highest BCUT2D eigenvalue weighted by atomic mass is 16.1. The van der Waals surface area contributed by atoms with Crippen molar-refractivity contribution in [3.63, 3.8) is 0 Å². The monoisotopic (exact) mass is 413 g/mol. The number of fused-ring (bicyclic) bond motifs is 2. The molecule has 0 atom stereocenters. The fourth-order valence-corrected chi connectivity index (χ4v) is 4.25. The van der Waals surface area contributed by atoms with Crippen LogP contribution in [0.5, 0.6) is 0 Å². The van der Waals surface area contributed by atoms with Crippen LogP contribution < -0.4 is 5.56 Å². The molecule has 0 spiro atoms. The van der Waals surface area contributed by atoms with Gasteiger partial charge >= 0.3 is 0 Å². The number of hydrogen-bond acceptors (Lipinski definition) is 2. The van der Waals surface area contributed by atoms with E-state index in [4.69, 9.17) is 5.10 Å². The molecule has 0 saturated heterocycles. The van der Waals surface area contributed by atoms with Gasteiger partial charge in [-0.25, -0.2) is 0 Å². The molecule has 6 rings (SSSR count). The maximum Gasteiger partial charge on any atom is 0.282 e. The second kappa shape index (κ2) is 7.36. The van der Waals surface area contributed by atoms with Gasteiger partial charge < -0.3 is 4.98 Å². The second-order valence-corrected chi connectivity index (χ2v) is 7.79. The molecule has 0 saturated carbocycles. The molecule has 6 aromatic rings. The van der Waals surface area contributed by atoms with E-state index in [1.807, 2.05) is 91.0 Å². The Kier molecular flexibility index (Phi) is 4.22. The molecule has 1 N–H and O–H groups in total. The van der Waals surface area contributed by atoms with E-state index in [1.54, 1.807) is 6.20 Å². The number of nitrogens with one attached hydrogen (secondary N) is 1. The molecule has 0 aliphatic carbocycles. The molecular formula is C28H19N3O. The second-order valence-electron chi connectivity index (χ2n) is 7.79. The highest BCUT2D eigenvalue weighted by Gasteiger charge is 2.19. The molecular weight excluding hydrogens is 394 g/mol. The van der Waals surface area contributed by atoms with Crippen molar-refractivity contribution < 1.29 is 0 Å². The van der Waals surface area contributed by atoms with Crippen molar-refractivity contribution in [1.29, 1.82) is 0 Å². The zero-order valence-corrected chi connectivity index (χ0v) is 17.2. The Bertz CT molecular complexity index is 1630. The van der Waals surface area contributed by atoms with Crippen LogP contribution in [-0.2, 0) is 0 Å². The lowest BCUT2D eigenvalue weighted by Crippen LogP contribution is -2.17. The summed E-state index contributed by atoms with van der Waals surface area (Å²) in [5, 5.41) is 7.02. The minimum Gasteiger partial charge on any atom is -0.345 e. The first-order chi connectivity index (χ1) is 15.8. The predicted octanol–water partition coefficient (Wildman–Crippen LogP) is 6.18. The molecule has 4 heteroatoms. The number of hydrogen-bond donors (Lipinski definition) is 1. The summed E-state index contributed by atoms with van der Waals surface area (Å²) in [6.45, 7) is 0. The summed E-state index contributed by atoms with van der Waals surface area (Å²) in [4.78, 5) is 16.9. The molecule has 152 valence electrons. The molecule has 0 aliphatic heterocycles. The van der Waals surface area contributed by atoms with Gasteiger partial charge in [0, 0.05) is 11.8 Å². The number of nitrogens with zero attached hydrogens (tertiary/aromatic N) is 2. The first kappa shape index (κ1) is 18.3. The van der Waals surface area contributed by atoms with Crippen LogP contribution in [0.1, 0.15) is 0 Å². The van der Waals surface area contributed by atoms with Crippen LogP contribution in [0.3, 0.4) is 0 Å². The lowest BCUT2D eigenvalue weighted by atomic mass is 10.0. The van der Waals surface area contributed by atoms with Crippen LogP contribution in [0.15, 0.2) is 114 Å². The van der Waals surface area contributed by atoms with E-state index < -0.39 is 0 Å². The Morgan fingerprint density at radius 2 is 1.31 bits per heavy atom. The molecule has 4 aromatic carbocycles. The molecule has 4 nitrogen and oxygen atoms in total. The third-order valence-electron chi connectivity index (χ3n) is 5.83. The molecule has 0 radical (unpaired) electrons. The lowest BCUT2D eigenvalue weighted by Gasteiger charge is -2.06. The van der Waals surface area contributed by atoms with E-state index in [9.17, 15) is 4.79 Å². The van der Waals surface area contributed by atoms with Crippen molar-refractivity contribution in [3.8, 4) is 33.5 Å². The molecule has 0 bridgehead atoms. The lowest BCUT2D eigenvalue weighted by molar-refractivity contribution is 0.906. The predicted molar refractivity (Wildman–Crippen MR) is 130 cm³/mol. The minimum atomic E-state index is -0.145. The normalized spacial score (nSPS) is 11.2. The summed E-state index contributed by atoms with van der Waals surface area (Å²) in [5.41, 5.74) is 5.66. The summed E-state index contributed by atoms with van der Waals surface area (Å²) in [5.74, 6) is 0. The van der Waals surface area contributed by atoms with E-state index >= 15 is 0 Å². The number of benzene rings is 4. The van der Waals surface area contributed by atoms with Crippen LogP contribution in [0.25, 0.3) is 49.9 Å². The van der Waals surface area contributed by atoms with Crippen molar-refractivity contribution >= 4 is 16.4 Å². The summed E-state index contributed by atoms with van der Waals surface area (Å²) >= 11 is 0. The van der Waals surface area contributed by atoms with Gasteiger partial charge in [-0.2, -0.15) is 9.61 Å². The summed E-state index contributed by atoms with van der Waals surface area (Å²) in [6, 6.07) is 34.3. The van der Waals surface area contributed by atoms with E-state index in [1.165, 1.54) is 4.52 Å². The molecule has 32 heavy (non-hydrogen) atoms. The van der Waals surface area contributed by atoms with Gasteiger partial charge in [-0.05, 0) is 28.0 Å². The fourth-order valence-electron chi connectivity index (χ4n) is 4.25. The fraction of sp³-hybridized carbons (Fsp3) is 0. The van der Waals surface area contributed by atoms with Gasteiger partial charge in [0.2, 0.25) is 0 Å². The van der Waals surface area contributed by atoms with Crippen molar-refractivity contribution in [2.75, 3.05) is 0 Å². The number of aromatic nitrogens is 3. The van der Waals surface area contributed by atoms with E-state index in [0.717, 1.165) is 38.7 Å². The Morgan fingerprint density at radius 3 is 2.06 bits per heavy atom. The molecule has 0 amide bonds. The highest BCUT2D eigenvalue weighted by molar-refractivity contribution is 5.91. The smallest absolute Gasteiger partial charge is 0.282 e. The van der Waals surface area contributed by atoms with Gasteiger partial charge in [0.05, 0.1) is 11.1 Å². The molecule has 2 aromatic heterocycles. The van der Waals surface area contributed by atoms with Crippen LogP contribution in [0.2, 0.25) is 0 Å². The zero-order chi connectivity index (χ0) is 21.5. The van der Waals surface area contributed by atoms with E-state index in [0.29, 0.717) is 11.2 Å². The Morgan fingerprint density at radius 1 is 0.656 bits per heavy atom. The van der Waals surface area contributed by atoms with Crippen molar-refractivity contribution in [2.45, 2.75) is 0 Å². The van der Waals surface area contributed by atoms with Crippen LogP contribution in [-0.4, -0.2) is 14.6 Å². The van der Waals surface area contributed by atoms with Crippen molar-refractivity contribution in [1.82, 2.24) is 14.6 Å². The average molecular weight is 413 g/mol. The van der Waals surface area contributed by atoms with Gasteiger partial charge in [0.15, 0.2) is 0 Å². The topological polar surface area (TPSA) is 50.2 Å². The summed E-state index contributed by atoms with van der Waals surface area (Å²) in [6.07, 6.45) is 1.80. The Balaban J connectivity index is 1.62. The first-order valence-electron chi connectivity index (χ1n) is 10.5. The van der Waals surface area contributed by atoms with Crippen molar-refractivity contribution in [3.05, 3.63) is 120 Å². The summed E-state index contributed by atoms with van der Waals surface area (Å²) < 4.78 is 1.50. The SMILES string of the molecule is O=c1c(-c2ccc3ccccc3c2)c[nH]c2c(-c3ccccc3)c(-c3ccccc3)nn12. The molecule has 2 heterocycles.